The number of nitrogens with two attached hydrogens (primary N) is 1. The zero-order chi connectivity index (χ0) is 20.8. The maximum atomic E-state index is 14.0. The molecule has 30 heavy (non-hydrogen) atoms. The fraction of sp³-hybridized carbons (Fsp3) is 0.190. The molecule has 0 spiro atoms. The first-order valence-electron chi connectivity index (χ1n) is 9.56. The number of carbonyl (C=O) groups excluding carboxylic acids is 1. The van der Waals surface area contributed by atoms with E-state index in [4.69, 9.17) is 5.73 Å². The number of halogens is 2. The van der Waals surface area contributed by atoms with Crippen LogP contribution in [0.2, 0.25) is 0 Å². The monoisotopic (exact) mass is 408 g/mol. The number of amides is 2. The van der Waals surface area contributed by atoms with Crippen molar-refractivity contribution in [2.45, 2.75) is 12.8 Å². The van der Waals surface area contributed by atoms with Gasteiger partial charge in [-0.1, -0.05) is 12.1 Å². The Morgan fingerprint density at radius 3 is 2.60 bits per heavy atom. The van der Waals surface area contributed by atoms with Gasteiger partial charge in [-0.05, 0) is 30.9 Å². The smallest absolute Gasteiger partial charge is 0.316 e. The minimum atomic E-state index is -0.954. The lowest BCUT2D eigenvalue weighted by Crippen LogP contribution is -2.19. The quantitative estimate of drug-likeness (QED) is 0.462. The molecule has 7 nitrogen and oxygen atoms in total. The van der Waals surface area contributed by atoms with Gasteiger partial charge in [0, 0.05) is 29.9 Å². The molecule has 1 saturated carbocycles. The van der Waals surface area contributed by atoms with Crippen molar-refractivity contribution in [1.29, 1.82) is 0 Å². The third-order valence-electron chi connectivity index (χ3n) is 5.17. The molecule has 4 aromatic rings. The van der Waals surface area contributed by atoms with Crippen molar-refractivity contribution >= 4 is 34.2 Å². The Balaban J connectivity index is 1.68. The van der Waals surface area contributed by atoms with Crippen molar-refractivity contribution in [3.63, 3.8) is 0 Å². The van der Waals surface area contributed by atoms with Crippen LogP contribution in [0, 0.1) is 17.6 Å². The van der Waals surface area contributed by atoms with Crippen LogP contribution in [-0.4, -0.2) is 26.9 Å². The first-order chi connectivity index (χ1) is 14.5. The molecule has 2 aromatic carbocycles. The second-order valence-electron chi connectivity index (χ2n) is 7.41. The summed E-state index contributed by atoms with van der Waals surface area (Å²) in [6.45, 7) is 0.757. The number of imidazole rings is 1. The molecule has 2 heterocycles. The van der Waals surface area contributed by atoms with Crippen molar-refractivity contribution in [2.75, 3.05) is 17.2 Å². The summed E-state index contributed by atoms with van der Waals surface area (Å²) in [4.78, 5) is 20.0. The third kappa shape index (κ3) is 3.28. The fourth-order valence-corrected chi connectivity index (χ4v) is 3.48. The second-order valence-corrected chi connectivity index (χ2v) is 7.41. The molecule has 0 saturated heterocycles. The summed E-state index contributed by atoms with van der Waals surface area (Å²) in [5.41, 5.74) is 8.42. The van der Waals surface area contributed by atoms with Gasteiger partial charge in [0.1, 0.15) is 0 Å². The highest BCUT2D eigenvalue weighted by atomic mass is 19.2. The van der Waals surface area contributed by atoms with E-state index >= 15 is 0 Å². The average Bonchev–Trinajstić information content (AvgIpc) is 3.44. The number of hydrogen-bond acceptors (Lipinski definition) is 4. The number of aromatic nitrogens is 3. The average molecular weight is 408 g/mol. The SMILES string of the molecule is NC(=O)Nc1ccc(-c2cnc3c(NCC4CC4)nc4cc(F)c(F)cc4n23)cc1. The summed E-state index contributed by atoms with van der Waals surface area (Å²) in [5.74, 6) is -0.776. The number of benzene rings is 2. The lowest BCUT2D eigenvalue weighted by Gasteiger charge is -2.12. The van der Waals surface area contributed by atoms with Gasteiger partial charge < -0.3 is 16.4 Å². The number of carbonyl (C=O) groups is 1. The van der Waals surface area contributed by atoms with E-state index in [-0.39, 0.29) is 0 Å². The van der Waals surface area contributed by atoms with Gasteiger partial charge >= 0.3 is 6.03 Å². The Kier molecular flexibility index (Phi) is 4.23. The lowest BCUT2D eigenvalue weighted by atomic mass is 10.1. The van der Waals surface area contributed by atoms with Gasteiger partial charge in [0.15, 0.2) is 23.1 Å². The number of anilines is 2. The number of primary amides is 1. The molecule has 0 aliphatic heterocycles. The normalized spacial score (nSPS) is 13.7. The Bertz CT molecular complexity index is 1280. The van der Waals surface area contributed by atoms with Crippen LogP contribution in [-0.2, 0) is 0 Å². The van der Waals surface area contributed by atoms with Crippen molar-refractivity contribution in [2.24, 2.45) is 11.7 Å². The molecule has 0 atom stereocenters. The number of urea groups is 1. The maximum Gasteiger partial charge on any atom is 0.316 e. The molecule has 1 fully saturated rings. The van der Waals surface area contributed by atoms with Crippen molar-refractivity contribution < 1.29 is 13.6 Å². The van der Waals surface area contributed by atoms with E-state index in [1.54, 1.807) is 34.9 Å². The predicted octanol–water partition coefficient (Wildman–Crippen LogP) is 4.14. The summed E-state index contributed by atoms with van der Waals surface area (Å²) in [6.07, 6.45) is 4.00. The highest BCUT2D eigenvalue weighted by Crippen LogP contribution is 2.32. The topological polar surface area (TPSA) is 97.3 Å². The summed E-state index contributed by atoms with van der Waals surface area (Å²) in [7, 11) is 0. The zero-order valence-corrected chi connectivity index (χ0v) is 15.8. The summed E-state index contributed by atoms with van der Waals surface area (Å²) in [6, 6.07) is 8.55. The third-order valence-corrected chi connectivity index (χ3v) is 5.17. The molecular formula is C21H18F2N6O. The van der Waals surface area contributed by atoms with Crippen molar-refractivity contribution in [1.82, 2.24) is 14.4 Å². The van der Waals surface area contributed by atoms with E-state index in [2.05, 4.69) is 20.6 Å². The maximum absolute atomic E-state index is 14.0. The minimum absolute atomic E-state index is 0.325. The summed E-state index contributed by atoms with van der Waals surface area (Å²) >= 11 is 0. The van der Waals surface area contributed by atoms with Crippen LogP contribution >= 0.6 is 0 Å². The van der Waals surface area contributed by atoms with Gasteiger partial charge in [0.05, 0.1) is 22.9 Å². The van der Waals surface area contributed by atoms with E-state index in [1.807, 2.05) is 0 Å². The molecule has 152 valence electrons. The number of nitrogens with one attached hydrogen (secondary N) is 2. The molecule has 1 aliphatic carbocycles. The molecule has 2 amide bonds. The molecule has 4 N–H and O–H groups in total. The highest BCUT2D eigenvalue weighted by molar-refractivity contribution is 5.89. The van der Waals surface area contributed by atoms with Crippen LogP contribution in [0.3, 0.4) is 0 Å². The van der Waals surface area contributed by atoms with Gasteiger partial charge in [-0.15, -0.1) is 0 Å². The van der Waals surface area contributed by atoms with E-state index in [9.17, 15) is 13.6 Å². The van der Waals surface area contributed by atoms with Gasteiger partial charge in [0.2, 0.25) is 0 Å². The summed E-state index contributed by atoms with van der Waals surface area (Å²) < 4.78 is 29.7. The summed E-state index contributed by atoms with van der Waals surface area (Å²) in [5, 5.41) is 5.80. The van der Waals surface area contributed by atoms with Gasteiger partial charge in [-0.2, -0.15) is 0 Å². The van der Waals surface area contributed by atoms with E-state index in [1.165, 1.54) is 12.8 Å². The molecule has 1 aliphatic rings. The van der Waals surface area contributed by atoms with Crippen molar-refractivity contribution in [3.05, 3.63) is 54.2 Å². The molecule has 2 aromatic heterocycles. The highest BCUT2D eigenvalue weighted by Gasteiger charge is 2.23. The van der Waals surface area contributed by atoms with Gasteiger partial charge in [-0.3, -0.25) is 4.40 Å². The number of fused-ring (bicyclic) bond motifs is 3. The van der Waals surface area contributed by atoms with E-state index in [0.29, 0.717) is 39.8 Å². The van der Waals surface area contributed by atoms with Crippen LogP contribution in [0.5, 0.6) is 0 Å². The molecule has 0 radical (unpaired) electrons. The molecular weight excluding hydrogens is 390 g/mol. The van der Waals surface area contributed by atoms with Gasteiger partial charge in [-0.25, -0.2) is 23.5 Å². The predicted molar refractivity (Wildman–Crippen MR) is 110 cm³/mol. The fourth-order valence-electron chi connectivity index (χ4n) is 3.48. The zero-order valence-electron chi connectivity index (χ0n) is 15.8. The van der Waals surface area contributed by atoms with Crippen LogP contribution in [0.1, 0.15) is 12.8 Å². The van der Waals surface area contributed by atoms with Crippen LogP contribution in [0.4, 0.5) is 25.1 Å². The molecule has 5 rings (SSSR count). The van der Waals surface area contributed by atoms with E-state index in [0.717, 1.165) is 24.2 Å². The van der Waals surface area contributed by atoms with Crippen molar-refractivity contribution in [3.8, 4) is 11.3 Å². The first kappa shape index (κ1) is 18.3. The molecule has 0 unspecified atom stereocenters. The minimum Gasteiger partial charge on any atom is -0.367 e. The standard InChI is InChI=1S/C21H18F2N6O/c22-14-7-16-17(8-15(14)23)29-18(12-3-5-13(6-4-12)27-21(24)30)10-26-20(29)19(28-16)25-9-11-1-2-11/h3-8,10-11H,1-2,9H2,(H,25,28)(H3,24,27,30). The van der Waals surface area contributed by atoms with Gasteiger partial charge in [0.25, 0.3) is 0 Å². The Morgan fingerprint density at radius 1 is 1.17 bits per heavy atom. The Morgan fingerprint density at radius 2 is 1.90 bits per heavy atom. The number of rotatable bonds is 5. The van der Waals surface area contributed by atoms with Crippen LogP contribution in [0.25, 0.3) is 27.9 Å². The number of nitrogens with zero attached hydrogens (tertiary/aromatic N) is 3. The Hall–Kier alpha value is -3.75. The first-order valence-corrected chi connectivity index (χ1v) is 9.56. The van der Waals surface area contributed by atoms with E-state index < -0.39 is 17.7 Å². The Labute approximate surface area is 169 Å². The van der Waals surface area contributed by atoms with Crippen LogP contribution in [0.15, 0.2) is 42.6 Å². The molecule has 0 bridgehead atoms. The number of hydrogen-bond donors (Lipinski definition) is 3. The lowest BCUT2D eigenvalue weighted by molar-refractivity contribution is 0.259. The second kappa shape index (κ2) is 6.94. The van der Waals surface area contributed by atoms with Crippen LogP contribution < -0.4 is 16.4 Å². The largest absolute Gasteiger partial charge is 0.367 e. The molecule has 9 heteroatoms.